The third-order valence-electron chi connectivity index (χ3n) is 2.47. The van der Waals surface area contributed by atoms with Crippen molar-refractivity contribution in [2.45, 2.75) is 33.0 Å². The van der Waals surface area contributed by atoms with Crippen LogP contribution in [0.4, 0.5) is 0 Å². The summed E-state index contributed by atoms with van der Waals surface area (Å²) >= 11 is 0. The first-order valence-electron chi connectivity index (χ1n) is 6.01. The summed E-state index contributed by atoms with van der Waals surface area (Å²) in [6, 6.07) is 8.90. The third kappa shape index (κ3) is 3.44. The highest BCUT2D eigenvalue weighted by atomic mass is 31.2. The molecule has 0 aliphatic rings. The molecule has 2 atom stereocenters. The lowest BCUT2D eigenvalue weighted by molar-refractivity contribution is -0.143. The van der Waals surface area contributed by atoms with Crippen LogP contribution >= 0.6 is 7.37 Å². The van der Waals surface area contributed by atoms with Gasteiger partial charge in [0.1, 0.15) is 0 Å². The average molecular weight is 270 g/mol. The smallest absolute Gasteiger partial charge is 0.303 e. The van der Waals surface area contributed by atoms with E-state index in [9.17, 15) is 9.36 Å². The fourth-order valence-electron chi connectivity index (χ4n) is 1.74. The molecule has 1 unspecified atom stereocenters. The molecule has 0 aliphatic heterocycles. The van der Waals surface area contributed by atoms with Crippen LogP contribution in [0.25, 0.3) is 0 Å². The van der Waals surface area contributed by atoms with E-state index in [1.165, 1.54) is 6.92 Å². The molecule has 4 nitrogen and oxygen atoms in total. The molecule has 1 aromatic rings. The second-order valence-electron chi connectivity index (χ2n) is 3.82. The second-order valence-corrected chi connectivity index (χ2v) is 6.37. The Kier molecular flexibility index (Phi) is 5.57. The van der Waals surface area contributed by atoms with E-state index in [2.05, 4.69) is 0 Å². The van der Waals surface area contributed by atoms with Gasteiger partial charge in [-0.05, 0) is 25.5 Å². The topological polar surface area (TPSA) is 52.6 Å². The summed E-state index contributed by atoms with van der Waals surface area (Å²) in [4.78, 5) is 11.1. The molecule has 0 aliphatic carbocycles. The number of ether oxygens (including phenoxy) is 1. The van der Waals surface area contributed by atoms with Gasteiger partial charge in [-0.1, -0.05) is 25.1 Å². The van der Waals surface area contributed by atoms with Crippen LogP contribution in [-0.4, -0.2) is 18.4 Å². The summed E-state index contributed by atoms with van der Waals surface area (Å²) in [5.74, 6) is -1.17. The lowest BCUT2D eigenvalue weighted by atomic mass is 10.4. The summed E-state index contributed by atoms with van der Waals surface area (Å²) in [6.07, 6.45) is 0.450. The monoisotopic (exact) mass is 270 g/mol. The molecule has 0 aromatic heterocycles. The molecule has 0 saturated heterocycles. The van der Waals surface area contributed by atoms with Crippen molar-refractivity contribution in [2.24, 2.45) is 0 Å². The largest absolute Gasteiger partial charge is 0.452 e. The number of benzene rings is 1. The van der Waals surface area contributed by atoms with Gasteiger partial charge in [-0.3, -0.25) is 9.36 Å². The quantitative estimate of drug-likeness (QED) is 0.589. The molecule has 0 N–H and O–H groups in total. The molecular weight excluding hydrogens is 251 g/mol. The van der Waals surface area contributed by atoms with E-state index in [0.717, 1.165) is 0 Å². The minimum absolute atomic E-state index is 0.309. The van der Waals surface area contributed by atoms with Gasteiger partial charge in [-0.15, -0.1) is 0 Å². The minimum atomic E-state index is -3.18. The average Bonchev–Trinajstić information content (AvgIpc) is 2.37. The molecule has 0 fully saturated rings. The minimum Gasteiger partial charge on any atom is -0.452 e. The van der Waals surface area contributed by atoms with Crippen molar-refractivity contribution in [3.63, 3.8) is 0 Å². The molecule has 1 rings (SSSR count). The molecule has 18 heavy (non-hydrogen) atoms. The van der Waals surface area contributed by atoms with Crippen LogP contribution in [0, 0.1) is 0 Å². The Labute approximate surface area is 108 Å². The van der Waals surface area contributed by atoms with Gasteiger partial charge in [0.05, 0.1) is 6.61 Å². The fourth-order valence-corrected chi connectivity index (χ4v) is 4.12. The van der Waals surface area contributed by atoms with E-state index in [-0.39, 0.29) is 0 Å². The van der Waals surface area contributed by atoms with Crippen molar-refractivity contribution >= 4 is 18.6 Å². The number of carbonyl (C=O) groups is 1. The number of carbonyl (C=O) groups excluding carboxylic acids is 1. The van der Waals surface area contributed by atoms with Gasteiger partial charge in [0, 0.05) is 12.2 Å². The van der Waals surface area contributed by atoms with E-state index in [1.807, 2.05) is 13.0 Å². The SMILES string of the molecule is CCOP(=O)(c1ccccc1)[C@@H](CC)OC(C)=O. The van der Waals surface area contributed by atoms with Crippen molar-refractivity contribution in [1.29, 1.82) is 0 Å². The first-order chi connectivity index (χ1) is 8.54. The summed E-state index contributed by atoms with van der Waals surface area (Å²) < 4.78 is 23.6. The van der Waals surface area contributed by atoms with Gasteiger partial charge < -0.3 is 9.26 Å². The Morgan fingerprint density at radius 1 is 1.28 bits per heavy atom. The van der Waals surface area contributed by atoms with E-state index >= 15 is 0 Å². The highest BCUT2D eigenvalue weighted by molar-refractivity contribution is 7.67. The summed E-state index contributed by atoms with van der Waals surface area (Å²) in [7, 11) is -3.18. The molecule has 1 aromatic carbocycles. The highest BCUT2D eigenvalue weighted by Crippen LogP contribution is 2.52. The summed E-state index contributed by atoms with van der Waals surface area (Å²) in [5, 5.41) is 0.583. The molecule has 0 spiro atoms. The summed E-state index contributed by atoms with van der Waals surface area (Å²) in [6.45, 7) is 5.21. The molecule has 100 valence electrons. The highest BCUT2D eigenvalue weighted by Gasteiger charge is 2.37. The van der Waals surface area contributed by atoms with Crippen molar-refractivity contribution in [2.75, 3.05) is 6.61 Å². The van der Waals surface area contributed by atoms with Crippen LogP contribution in [0.15, 0.2) is 30.3 Å². The predicted molar refractivity (Wildman–Crippen MR) is 71.2 cm³/mol. The maximum atomic E-state index is 13.0. The first-order valence-corrected chi connectivity index (χ1v) is 7.71. The second kappa shape index (κ2) is 6.72. The van der Waals surface area contributed by atoms with Gasteiger partial charge in [0.15, 0.2) is 5.85 Å². The van der Waals surface area contributed by atoms with Crippen LogP contribution in [-0.2, 0) is 18.6 Å². The van der Waals surface area contributed by atoms with E-state index < -0.39 is 19.2 Å². The van der Waals surface area contributed by atoms with Gasteiger partial charge in [0.2, 0.25) is 0 Å². The maximum Gasteiger partial charge on any atom is 0.303 e. The van der Waals surface area contributed by atoms with Crippen molar-refractivity contribution in [3.05, 3.63) is 30.3 Å². The maximum absolute atomic E-state index is 13.0. The number of esters is 1. The molecule has 0 amide bonds. The van der Waals surface area contributed by atoms with Crippen LogP contribution in [0.5, 0.6) is 0 Å². The van der Waals surface area contributed by atoms with Crippen molar-refractivity contribution in [1.82, 2.24) is 0 Å². The van der Waals surface area contributed by atoms with Crippen LogP contribution < -0.4 is 5.30 Å². The Balaban J connectivity index is 3.13. The van der Waals surface area contributed by atoms with Gasteiger partial charge >= 0.3 is 5.97 Å². The third-order valence-corrected chi connectivity index (χ3v) is 5.36. The standard InChI is InChI=1S/C13H19O4P/c1-4-13(17-11(3)14)18(15,16-5-2)12-9-7-6-8-10-12/h6-10,13H,4-5H2,1-3H3/t13-,18?/m0/s1. The van der Waals surface area contributed by atoms with Crippen LogP contribution in [0.3, 0.4) is 0 Å². The molecule has 0 saturated carbocycles. The van der Waals surface area contributed by atoms with Gasteiger partial charge in [0.25, 0.3) is 7.37 Å². The Bertz CT molecular complexity index is 430. The molecule has 0 radical (unpaired) electrons. The number of hydrogen-bond donors (Lipinski definition) is 0. The Morgan fingerprint density at radius 3 is 2.33 bits per heavy atom. The molecule has 5 heteroatoms. The Hall–Kier alpha value is -1.12. The molecule has 0 heterocycles. The first kappa shape index (κ1) is 14.9. The van der Waals surface area contributed by atoms with Crippen LogP contribution in [0.1, 0.15) is 27.2 Å². The number of rotatable bonds is 6. The zero-order valence-corrected chi connectivity index (χ0v) is 11.9. The van der Waals surface area contributed by atoms with E-state index in [4.69, 9.17) is 9.26 Å². The van der Waals surface area contributed by atoms with Gasteiger partial charge in [-0.2, -0.15) is 0 Å². The predicted octanol–water partition coefficient (Wildman–Crippen LogP) is 2.93. The van der Waals surface area contributed by atoms with E-state index in [0.29, 0.717) is 18.3 Å². The lowest BCUT2D eigenvalue weighted by Gasteiger charge is -2.26. The van der Waals surface area contributed by atoms with Crippen molar-refractivity contribution in [3.8, 4) is 0 Å². The van der Waals surface area contributed by atoms with Gasteiger partial charge in [-0.25, -0.2) is 0 Å². The zero-order valence-electron chi connectivity index (χ0n) is 11.0. The number of hydrogen-bond acceptors (Lipinski definition) is 4. The van der Waals surface area contributed by atoms with Crippen molar-refractivity contribution < 1.29 is 18.6 Å². The zero-order chi connectivity index (χ0) is 13.6. The summed E-state index contributed by atoms with van der Waals surface area (Å²) in [5.41, 5.74) is 0. The fraction of sp³-hybridized carbons (Fsp3) is 0.462. The molecular formula is C13H19O4P. The normalized spacial score (nSPS) is 15.7. The van der Waals surface area contributed by atoms with Crippen LogP contribution in [0.2, 0.25) is 0 Å². The Morgan fingerprint density at radius 2 is 1.89 bits per heavy atom. The lowest BCUT2D eigenvalue weighted by Crippen LogP contribution is -2.23. The molecule has 0 bridgehead atoms. The van der Waals surface area contributed by atoms with E-state index in [1.54, 1.807) is 31.2 Å².